The third-order valence-electron chi connectivity index (χ3n) is 7.27. The lowest BCUT2D eigenvalue weighted by atomic mass is 9.85. The normalized spacial score (nSPS) is 20.2. The molecular weight excluding hydrogens is 490 g/mol. The molecule has 2 heterocycles. The number of carbonyl (C=O) groups excluding carboxylic acids is 2. The number of fused-ring (bicyclic) bond motifs is 1. The Morgan fingerprint density at radius 2 is 1.79 bits per heavy atom. The topological polar surface area (TPSA) is 76.1 Å². The molecule has 0 radical (unpaired) electrons. The number of Topliss-reactive ketones (excluding diaryl/α,β-unsaturated/α-hetero) is 1. The first-order chi connectivity index (χ1) is 18.6. The quantitative estimate of drug-likeness (QED) is 0.220. The molecule has 2 atom stereocenters. The van der Waals surface area contributed by atoms with Crippen molar-refractivity contribution < 1.29 is 24.2 Å². The Hall–Kier alpha value is -4.06. The van der Waals surface area contributed by atoms with Crippen LogP contribution in [-0.2, 0) is 21.4 Å². The predicted molar refractivity (Wildman–Crippen MR) is 152 cm³/mol. The Morgan fingerprint density at radius 3 is 2.49 bits per heavy atom. The van der Waals surface area contributed by atoms with E-state index in [2.05, 4.69) is 20.8 Å². The number of hydrogen-bond donors (Lipinski definition) is 1. The Morgan fingerprint density at radius 1 is 1.05 bits per heavy atom. The summed E-state index contributed by atoms with van der Waals surface area (Å²) in [6, 6.07) is 19.7. The van der Waals surface area contributed by atoms with Gasteiger partial charge in [-0.2, -0.15) is 0 Å². The van der Waals surface area contributed by atoms with Crippen LogP contribution in [0.2, 0.25) is 0 Å². The summed E-state index contributed by atoms with van der Waals surface area (Å²) < 4.78 is 11.6. The zero-order valence-corrected chi connectivity index (χ0v) is 23.2. The number of amides is 1. The lowest BCUT2D eigenvalue weighted by molar-refractivity contribution is -0.132. The van der Waals surface area contributed by atoms with Gasteiger partial charge in [-0.1, -0.05) is 58.0 Å². The molecule has 3 aromatic rings. The lowest BCUT2D eigenvalue weighted by Crippen LogP contribution is -2.29. The molecule has 0 bridgehead atoms. The molecule has 2 unspecified atom stereocenters. The summed E-state index contributed by atoms with van der Waals surface area (Å²) in [5.74, 6) is -0.209. The van der Waals surface area contributed by atoms with Gasteiger partial charge >= 0.3 is 0 Å². The Labute approximate surface area is 229 Å². The van der Waals surface area contributed by atoms with E-state index in [9.17, 15) is 14.7 Å². The van der Waals surface area contributed by atoms with Crippen molar-refractivity contribution in [3.63, 3.8) is 0 Å². The van der Waals surface area contributed by atoms with Crippen LogP contribution in [0.25, 0.3) is 5.76 Å². The summed E-state index contributed by atoms with van der Waals surface area (Å²) in [4.78, 5) is 28.6. The molecule has 5 rings (SSSR count). The van der Waals surface area contributed by atoms with Crippen molar-refractivity contribution in [1.29, 1.82) is 0 Å². The minimum absolute atomic E-state index is 0.0477. The molecule has 0 saturated carbocycles. The zero-order valence-electron chi connectivity index (χ0n) is 23.2. The molecule has 1 saturated heterocycles. The maximum Gasteiger partial charge on any atom is 0.300 e. The summed E-state index contributed by atoms with van der Waals surface area (Å²) in [6.45, 7) is 11.0. The van der Waals surface area contributed by atoms with Gasteiger partial charge in [-0.05, 0) is 65.8 Å². The SMILES string of the molecule is CCCOc1cccc(N2C(=O)C(=O)/C(=C(\O)c3ccc4c(c3)CC(C)O4)C2c2ccc(C(C)(C)C)cc2)c1. The van der Waals surface area contributed by atoms with E-state index in [1.54, 1.807) is 24.3 Å². The summed E-state index contributed by atoms with van der Waals surface area (Å²) in [7, 11) is 0. The van der Waals surface area contributed by atoms with Crippen molar-refractivity contribution in [3.8, 4) is 11.5 Å². The Kier molecular flexibility index (Phi) is 6.98. The van der Waals surface area contributed by atoms with Gasteiger partial charge in [0.15, 0.2) is 0 Å². The van der Waals surface area contributed by atoms with Crippen LogP contribution in [0.3, 0.4) is 0 Å². The number of nitrogens with zero attached hydrogens (tertiary/aromatic N) is 1. The van der Waals surface area contributed by atoms with Crippen LogP contribution in [0.1, 0.15) is 69.3 Å². The fourth-order valence-electron chi connectivity index (χ4n) is 5.25. The number of aliphatic hydroxyl groups excluding tert-OH is 1. The number of carbonyl (C=O) groups is 2. The standard InChI is InChI=1S/C33H35NO5/c1-6-16-38-26-9-7-8-25(19-26)34-29(21-10-13-24(14-11-21)33(3,4)5)28(31(36)32(34)37)30(35)22-12-15-27-23(18-22)17-20(2)39-27/h7-15,18-20,29,35H,6,16-17H2,1-5H3/b30-28-. The first-order valence-corrected chi connectivity index (χ1v) is 13.5. The van der Waals surface area contributed by atoms with Crippen molar-refractivity contribution in [2.75, 3.05) is 11.5 Å². The van der Waals surface area contributed by atoms with Crippen LogP contribution in [0.4, 0.5) is 5.69 Å². The van der Waals surface area contributed by atoms with E-state index in [0.717, 1.165) is 28.9 Å². The van der Waals surface area contributed by atoms with Gasteiger partial charge in [0.2, 0.25) is 0 Å². The number of anilines is 1. The molecule has 0 aliphatic carbocycles. The van der Waals surface area contributed by atoms with Crippen LogP contribution in [0.15, 0.2) is 72.3 Å². The maximum absolute atomic E-state index is 13.6. The van der Waals surface area contributed by atoms with Gasteiger partial charge in [0.05, 0.1) is 18.2 Å². The van der Waals surface area contributed by atoms with Crippen LogP contribution in [0.5, 0.6) is 11.5 Å². The third-order valence-corrected chi connectivity index (χ3v) is 7.27. The highest BCUT2D eigenvalue weighted by Crippen LogP contribution is 2.44. The fourth-order valence-corrected chi connectivity index (χ4v) is 5.25. The zero-order chi connectivity index (χ0) is 27.9. The molecule has 6 nitrogen and oxygen atoms in total. The van der Waals surface area contributed by atoms with Gasteiger partial charge < -0.3 is 14.6 Å². The first kappa shape index (κ1) is 26.5. The van der Waals surface area contributed by atoms with Gasteiger partial charge in [-0.3, -0.25) is 14.5 Å². The van der Waals surface area contributed by atoms with Crippen LogP contribution in [-0.4, -0.2) is 29.5 Å². The van der Waals surface area contributed by atoms with E-state index >= 15 is 0 Å². The summed E-state index contributed by atoms with van der Waals surface area (Å²) in [6.07, 6.45) is 1.61. The number of rotatable bonds is 6. The highest BCUT2D eigenvalue weighted by atomic mass is 16.5. The number of ether oxygens (including phenoxy) is 2. The molecule has 3 aromatic carbocycles. The molecule has 1 amide bonds. The second-order valence-electron chi connectivity index (χ2n) is 11.3. The smallest absolute Gasteiger partial charge is 0.300 e. The van der Waals surface area contributed by atoms with Crippen molar-refractivity contribution in [2.24, 2.45) is 0 Å². The van der Waals surface area contributed by atoms with E-state index in [1.165, 1.54) is 4.90 Å². The second-order valence-corrected chi connectivity index (χ2v) is 11.3. The van der Waals surface area contributed by atoms with E-state index in [-0.39, 0.29) is 22.9 Å². The van der Waals surface area contributed by atoms with Gasteiger partial charge in [0.1, 0.15) is 23.4 Å². The minimum Gasteiger partial charge on any atom is -0.507 e. The van der Waals surface area contributed by atoms with Crippen molar-refractivity contribution in [2.45, 2.75) is 65.0 Å². The van der Waals surface area contributed by atoms with Gasteiger partial charge in [-0.25, -0.2) is 0 Å². The molecular formula is C33H35NO5. The molecule has 202 valence electrons. The molecule has 1 fully saturated rings. The Bertz CT molecular complexity index is 1450. The van der Waals surface area contributed by atoms with Crippen molar-refractivity contribution in [1.82, 2.24) is 0 Å². The first-order valence-electron chi connectivity index (χ1n) is 13.5. The molecule has 1 N–H and O–H groups in total. The van der Waals surface area contributed by atoms with Gasteiger partial charge in [0, 0.05) is 23.7 Å². The highest BCUT2D eigenvalue weighted by molar-refractivity contribution is 6.51. The van der Waals surface area contributed by atoms with E-state index < -0.39 is 17.7 Å². The largest absolute Gasteiger partial charge is 0.507 e. The molecule has 0 spiro atoms. The van der Waals surface area contributed by atoms with Crippen LogP contribution >= 0.6 is 0 Å². The number of ketones is 1. The number of benzene rings is 3. The van der Waals surface area contributed by atoms with E-state index in [4.69, 9.17) is 9.47 Å². The van der Waals surface area contributed by atoms with Gasteiger partial charge in [-0.15, -0.1) is 0 Å². The van der Waals surface area contributed by atoms with E-state index in [1.807, 2.05) is 56.3 Å². The van der Waals surface area contributed by atoms with Crippen molar-refractivity contribution >= 4 is 23.1 Å². The average molecular weight is 526 g/mol. The minimum atomic E-state index is -0.802. The molecule has 0 aromatic heterocycles. The highest BCUT2D eigenvalue weighted by Gasteiger charge is 2.47. The monoisotopic (exact) mass is 525 g/mol. The molecule has 2 aliphatic rings. The van der Waals surface area contributed by atoms with Crippen LogP contribution in [0, 0.1) is 0 Å². The summed E-state index contributed by atoms with van der Waals surface area (Å²) >= 11 is 0. The molecule has 6 heteroatoms. The summed E-state index contributed by atoms with van der Waals surface area (Å²) in [5.41, 5.74) is 3.86. The van der Waals surface area contributed by atoms with Crippen molar-refractivity contribution in [3.05, 3.63) is 94.6 Å². The summed E-state index contributed by atoms with van der Waals surface area (Å²) in [5, 5.41) is 11.6. The maximum atomic E-state index is 13.6. The lowest BCUT2D eigenvalue weighted by Gasteiger charge is -2.27. The number of aliphatic hydroxyl groups is 1. The third kappa shape index (κ3) is 5.03. The average Bonchev–Trinajstić information content (AvgIpc) is 3.42. The Balaban J connectivity index is 1.65. The predicted octanol–water partition coefficient (Wildman–Crippen LogP) is 6.72. The fraction of sp³-hybridized carbons (Fsp3) is 0.333. The second kappa shape index (κ2) is 10.3. The van der Waals surface area contributed by atoms with Gasteiger partial charge in [0.25, 0.3) is 11.7 Å². The number of hydrogen-bond acceptors (Lipinski definition) is 5. The molecule has 2 aliphatic heterocycles. The molecule has 39 heavy (non-hydrogen) atoms. The van der Waals surface area contributed by atoms with E-state index in [0.29, 0.717) is 30.0 Å². The van der Waals surface area contributed by atoms with Crippen LogP contribution < -0.4 is 14.4 Å².